The number of rotatable bonds is 3. The van der Waals surface area contributed by atoms with Gasteiger partial charge in [0.2, 0.25) is 0 Å². The van der Waals surface area contributed by atoms with Crippen LogP contribution in [0, 0.1) is 17.7 Å². The number of aromatic nitrogens is 1. The molecule has 0 amide bonds. The number of hydrogen-bond acceptors (Lipinski definition) is 4. The number of pyridine rings is 1. The lowest BCUT2D eigenvalue weighted by molar-refractivity contribution is 0.595. The maximum absolute atomic E-state index is 13.1. The summed E-state index contributed by atoms with van der Waals surface area (Å²) in [4.78, 5) is 3.72. The molecule has 3 N–H and O–H groups in total. The third-order valence-electron chi connectivity index (χ3n) is 2.44. The number of nitrogens with one attached hydrogen (secondary N) is 1. The molecule has 5 nitrogen and oxygen atoms in total. The minimum atomic E-state index is -3.90. The van der Waals surface area contributed by atoms with E-state index in [1.165, 1.54) is 30.5 Å². The second-order valence-corrected chi connectivity index (χ2v) is 5.68. The topological polar surface area (TPSA) is 85.1 Å². The first-order valence-corrected chi connectivity index (χ1v) is 7.43. The van der Waals surface area contributed by atoms with Gasteiger partial charge in [0.1, 0.15) is 11.6 Å². The summed E-state index contributed by atoms with van der Waals surface area (Å²) in [6, 6.07) is 7.81. The van der Waals surface area contributed by atoms with Crippen LogP contribution in [0.1, 0.15) is 5.56 Å². The third kappa shape index (κ3) is 4.02. The lowest BCUT2D eigenvalue weighted by Crippen LogP contribution is -2.14. The Kier molecular flexibility index (Phi) is 4.52. The van der Waals surface area contributed by atoms with E-state index in [0.29, 0.717) is 5.56 Å². The van der Waals surface area contributed by atoms with Crippen molar-refractivity contribution < 1.29 is 12.8 Å². The molecule has 0 atom stereocenters. The average molecular weight is 305 g/mol. The van der Waals surface area contributed by atoms with Crippen molar-refractivity contribution in [3.63, 3.8) is 0 Å². The number of nitrogens with two attached hydrogens (primary N) is 1. The summed E-state index contributed by atoms with van der Waals surface area (Å²) in [5.41, 5.74) is 5.85. The number of hydrogen-bond donors (Lipinski definition) is 2. The Morgan fingerprint density at radius 2 is 2.10 bits per heavy atom. The van der Waals surface area contributed by atoms with Gasteiger partial charge in [-0.1, -0.05) is 17.9 Å². The third-order valence-corrected chi connectivity index (χ3v) is 3.79. The van der Waals surface area contributed by atoms with Crippen LogP contribution in [0.15, 0.2) is 47.5 Å². The fourth-order valence-corrected chi connectivity index (χ4v) is 2.58. The first kappa shape index (κ1) is 15.0. The fourth-order valence-electron chi connectivity index (χ4n) is 1.55. The van der Waals surface area contributed by atoms with E-state index in [2.05, 4.69) is 21.5 Å². The van der Waals surface area contributed by atoms with Crippen LogP contribution in [0.25, 0.3) is 0 Å². The molecule has 1 heterocycles. The van der Waals surface area contributed by atoms with E-state index in [1.807, 2.05) is 0 Å². The second-order valence-electron chi connectivity index (χ2n) is 4.00. The van der Waals surface area contributed by atoms with Crippen LogP contribution in [0.4, 0.5) is 10.2 Å². The van der Waals surface area contributed by atoms with Gasteiger partial charge in [-0.2, -0.15) is 0 Å². The molecule has 1 aromatic heterocycles. The van der Waals surface area contributed by atoms with Crippen LogP contribution < -0.4 is 10.5 Å². The molecule has 0 radical (unpaired) electrons. The normalized spacial score (nSPS) is 10.6. The minimum Gasteiger partial charge on any atom is -0.320 e. The highest BCUT2D eigenvalue weighted by atomic mass is 32.2. The second kappa shape index (κ2) is 6.35. The van der Waals surface area contributed by atoms with Gasteiger partial charge in [-0.3, -0.25) is 4.72 Å². The largest absolute Gasteiger partial charge is 0.320 e. The molecule has 0 aliphatic rings. The van der Waals surface area contributed by atoms with Gasteiger partial charge < -0.3 is 5.73 Å². The Bertz CT molecular complexity index is 810. The summed E-state index contributed by atoms with van der Waals surface area (Å²) < 4.78 is 39.6. The molecule has 2 rings (SSSR count). The zero-order valence-corrected chi connectivity index (χ0v) is 11.7. The number of anilines is 1. The fraction of sp³-hybridized carbons (Fsp3) is 0.0714. The Morgan fingerprint density at radius 1 is 1.29 bits per heavy atom. The minimum absolute atomic E-state index is 0.100. The Hall–Kier alpha value is -2.43. The van der Waals surface area contributed by atoms with E-state index in [0.717, 1.165) is 6.07 Å². The van der Waals surface area contributed by atoms with Crippen LogP contribution in [0.2, 0.25) is 0 Å². The highest BCUT2D eigenvalue weighted by Gasteiger charge is 2.15. The standard InChI is InChI=1S/C14H12FN3O2S/c15-12-4-1-5-13(10-12)21(19,20)18-14-9-11(3-2-7-16)6-8-17-14/h1,4-6,8-10H,7,16H2,(H,17,18). The lowest BCUT2D eigenvalue weighted by atomic mass is 10.2. The maximum Gasteiger partial charge on any atom is 0.263 e. The van der Waals surface area contributed by atoms with Crippen molar-refractivity contribution in [2.45, 2.75) is 4.90 Å². The van der Waals surface area contributed by atoms with Gasteiger partial charge in [0.05, 0.1) is 11.4 Å². The first-order valence-electron chi connectivity index (χ1n) is 5.94. The lowest BCUT2D eigenvalue weighted by Gasteiger charge is -2.07. The van der Waals surface area contributed by atoms with E-state index in [-0.39, 0.29) is 17.3 Å². The maximum atomic E-state index is 13.1. The van der Waals surface area contributed by atoms with E-state index in [4.69, 9.17) is 5.73 Å². The van der Waals surface area contributed by atoms with E-state index < -0.39 is 15.8 Å². The van der Waals surface area contributed by atoms with Crippen molar-refractivity contribution >= 4 is 15.8 Å². The summed E-state index contributed by atoms with van der Waals surface area (Å²) in [5, 5.41) is 0. The van der Waals surface area contributed by atoms with Crippen molar-refractivity contribution in [1.29, 1.82) is 0 Å². The molecule has 1 aromatic carbocycles. The van der Waals surface area contributed by atoms with Crippen LogP contribution in [0.5, 0.6) is 0 Å². The zero-order chi connectivity index (χ0) is 15.3. The molecule has 0 unspecified atom stereocenters. The molecule has 0 saturated heterocycles. The molecule has 0 fully saturated rings. The highest BCUT2D eigenvalue weighted by Crippen LogP contribution is 2.15. The van der Waals surface area contributed by atoms with Crippen LogP contribution in [-0.2, 0) is 10.0 Å². The van der Waals surface area contributed by atoms with Gasteiger partial charge in [0.15, 0.2) is 0 Å². The summed E-state index contributed by atoms with van der Waals surface area (Å²) >= 11 is 0. The van der Waals surface area contributed by atoms with Gasteiger partial charge in [-0.05, 0) is 30.3 Å². The number of halogens is 1. The van der Waals surface area contributed by atoms with E-state index in [1.54, 1.807) is 6.07 Å². The highest BCUT2D eigenvalue weighted by molar-refractivity contribution is 7.92. The van der Waals surface area contributed by atoms with Crippen LogP contribution in [-0.4, -0.2) is 19.9 Å². The Labute approximate surface area is 122 Å². The Morgan fingerprint density at radius 3 is 2.81 bits per heavy atom. The molecule has 21 heavy (non-hydrogen) atoms. The molecular formula is C14H12FN3O2S. The van der Waals surface area contributed by atoms with Crippen molar-refractivity contribution in [2.75, 3.05) is 11.3 Å². The molecular weight excluding hydrogens is 293 g/mol. The molecule has 0 bridgehead atoms. The summed E-state index contributed by atoms with van der Waals surface area (Å²) in [5.74, 6) is 4.90. The Balaban J connectivity index is 2.29. The molecule has 0 aliphatic heterocycles. The molecule has 0 spiro atoms. The molecule has 0 aliphatic carbocycles. The number of nitrogens with zero attached hydrogens (tertiary/aromatic N) is 1. The van der Waals surface area contributed by atoms with Gasteiger partial charge in [-0.15, -0.1) is 0 Å². The predicted octanol–water partition coefficient (Wildman–Crippen LogP) is 1.33. The predicted molar refractivity (Wildman–Crippen MR) is 77.4 cm³/mol. The van der Waals surface area contributed by atoms with Gasteiger partial charge in [0, 0.05) is 11.8 Å². The number of benzene rings is 1. The van der Waals surface area contributed by atoms with E-state index >= 15 is 0 Å². The first-order chi connectivity index (χ1) is 10.0. The number of sulfonamides is 1. The molecule has 7 heteroatoms. The van der Waals surface area contributed by atoms with Crippen molar-refractivity contribution in [3.8, 4) is 11.8 Å². The van der Waals surface area contributed by atoms with E-state index in [9.17, 15) is 12.8 Å². The van der Waals surface area contributed by atoms with Crippen molar-refractivity contribution in [1.82, 2.24) is 4.98 Å². The van der Waals surface area contributed by atoms with Crippen LogP contribution in [0.3, 0.4) is 0 Å². The molecule has 108 valence electrons. The summed E-state index contributed by atoms with van der Waals surface area (Å²) in [7, 11) is -3.90. The van der Waals surface area contributed by atoms with Gasteiger partial charge in [0.25, 0.3) is 10.0 Å². The zero-order valence-electron chi connectivity index (χ0n) is 10.9. The summed E-state index contributed by atoms with van der Waals surface area (Å²) in [6.07, 6.45) is 1.42. The quantitative estimate of drug-likeness (QED) is 0.838. The van der Waals surface area contributed by atoms with Gasteiger partial charge >= 0.3 is 0 Å². The van der Waals surface area contributed by atoms with Crippen molar-refractivity contribution in [2.24, 2.45) is 5.73 Å². The summed E-state index contributed by atoms with van der Waals surface area (Å²) in [6.45, 7) is 0.201. The SMILES string of the molecule is NCC#Cc1ccnc(NS(=O)(=O)c2cccc(F)c2)c1. The average Bonchev–Trinajstić information content (AvgIpc) is 2.45. The smallest absolute Gasteiger partial charge is 0.263 e. The van der Waals surface area contributed by atoms with Gasteiger partial charge in [-0.25, -0.2) is 17.8 Å². The molecule has 0 saturated carbocycles. The molecule has 2 aromatic rings. The van der Waals surface area contributed by atoms with Crippen molar-refractivity contribution in [3.05, 3.63) is 54.0 Å². The monoisotopic (exact) mass is 305 g/mol. The van der Waals surface area contributed by atoms with Crippen LogP contribution >= 0.6 is 0 Å².